The van der Waals surface area contributed by atoms with Crippen LogP contribution in [-0.4, -0.2) is 9.13 Å². The minimum atomic E-state index is 0.385. The number of benzene rings is 13. The van der Waals surface area contributed by atoms with Gasteiger partial charge in [-0.05, 0) is 80.9 Å². The minimum Gasteiger partial charge on any atom is -0.456 e. The third-order valence-electron chi connectivity index (χ3n) is 17.8. The first-order valence-electron chi connectivity index (χ1n) is 29.1. The highest BCUT2D eigenvalue weighted by Gasteiger charge is 2.34. The first-order valence-corrected chi connectivity index (χ1v) is 30.7. The van der Waals surface area contributed by atoms with Crippen LogP contribution in [0.2, 0.25) is 0 Å². The second-order valence-electron chi connectivity index (χ2n) is 22.3. The van der Waals surface area contributed by atoms with Gasteiger partial charge >= 0.3 is 0 Å². The lowest BCUT2D eigenvalue weighted by molar-refractivity contribution is 0.669. The average Bonchev–Trinajstić information content (AvgIpc) is 1.71. The zero-order valence-corrected chi connectivity index (χ0v) is 48.1. The van der Waals surface area contributed by atoms with Gasteiger partial charge in [-0.2, -0.15) is 5.26 Å². The van der Waals surface area contributed by atoms with Crippen LogP contribution >= 0.6 is 22.7 Å². The summed E-state index contributed by atoms with van der Waals surface area (Å²) < 4.78 is 15.9. The number of aromatic nitrogens is 2. The number of hydrogen-bond donors (Lipinski definition) is 0. The summed E-state index contributed by atoms with van der Waals surface area (Å²) in [6.45, 7) is 9.67. The molecule has 0 aliphatic rings. The number of furan rings is 1. The Hall–Kier alpha value is -11.3. The van der Waals surface area contributed by atoms with Gasteiger partial charge in [0.2, 0.25) is 5.69 Å². The molecule has 0 aliphatic heterocycles. The molecule has 0 saturated carbocycles. The summed E-state index contributed by atoms with van der Waals surface area (Å²) in [6.07, 6.45) is 0. The van der Waals surface area contributed by atoms with Crippen LogP contribution in [0, 0.1) is 17.9 Å². The third-order valence-corrected chi connectivity index (χ3v) is 20.1. The van der Waals surface area contributed by atoms with Crippen LogP contribution in [0.15, 0.2) is 271 Å². The number of rotatable bonds is 7. The van der Waals surface area contributed by atoms with Crippen LogP contribution in [0.3, 0.4) is 0 Å². The van der Waals surface area contributed by atoms with E-state index in [1.165, 1.54) is 31.3 Å². The highest BCUT2D eigenvalue weighted by molar-refractivity contribution is 7.27. The maximum absolute atomic E-state index is 12.6. The Morgan fingerprint density at radius 2 is 0.839 bits per heavy atom. The Bertz CT molecular complexity index is 5840. The molecule has 5 heterocycles. The first kappa shape index (κ1) is 49.1. The van der Waals surface area contributed by atoms with E-state index in [2.05, 4.69) is 240 Å². The van der Waals surface area contributed by atoms with Crippen molar-refractivity contribution in [3.05, 3.63) is 284 Å². The standard InChI is InChI=1S/C80H44N4OS2/c1-82-74-69(49-25-10-4-11-26-49)62(46-81)75(70(50-27-12-5-13-28-50)78(74)83-63-34-16-14-29-55(63)56-40-39-51(45-64(56)83)54-31-18-36-66-71(54)59-30-15-17-35-65(59)85-66)84-76-57(41-43-60-72-52(47-21-6-2-7-22-47)32-19-37-67(72)86-79(60)76)58-42-44-61-73-53(48-23-8-3-9-24-48)33-20-38-68(73)87-80(61)77(58)84/h2-45H. The maximum Gasteiger partial charge on any atom is 0.220 e. The zero-order chi connectivity index (χ0) is 57.4. The van der Waals surface area contributed by atoms with Gasteiger partial charge in [-0.3, -0.25) is 0 Å². The van der Waals surface area contributed by atoms with Gasteiger partial charge in [-0.25, -0.2) is 4.85 Å². The molecule has 5 nitrogen and oxygen atoms in total. The van der Waals surface area contributed by atoms with E-state index < -0.39 is 0 Å². The third kappa shape index (κ3) is 7.10. The summed E-state index contributed by atoms with van der Waals surface area (Å²) in [5.41, 5.74) is 17.5. The van der Waals surface area contributed by atoms with Crippen molar-refractivity contribution in [1.29, 1.82) is 5.26 Å². The fourth-order valence-corrected chi connectivity index (χ4v) is 16.7. The molecule has 0 fully saturated rings. The van der Waals surface area contributed by atoms with Crippen LogP contribution in [0.5, 0.6) is 0 Å². The van der Waals surface area contributed by atoms with E-state index in [0.717, 1.165) is 125 Å². The van der Waals surface area contributed by atoms with E-state index in [9.17, 15) is 11.8 Å². The highest BCUT2D eigenvalue weighted by Crippen LogP contribution is 2.56. The molecule has 0 N–H and O–H groups in total. The van der Waals surface area contributed by atoms with Crippen molar-refractivity contribution in [2.75, 3.05) is 0 Å². The Balaban J connectivity index is 1.08. The molecule has 0 amide bonds. The fourth-order valence-electron chi connectivity index (χ4n) is 14.2. The van der Waals surface area contributed by atoms with Crippen molar-refractivity contribution in [2.24, 2.45) is 0 Å². The second-order valence-corrected chi connectivity index (χ2v) is 24.4. The van der Waals surface area contributed by atoms with Gasteiger partial charge in [-0.15, -0.1) is 22.7 Å². The predicted octanol–water partition coefficient (Wildman–Crippen LogP) is 23.3. The van der Waals surface area contributed by atoms with E-state index in [1.54, 1.807) is 22.7 Å². The molecule has 18 rings (SSSR count). The summed E-state index contributed by atoms with van der Waals surface area (Å²) in [5, 5.41) is 23.6. The van der Waals surface area contributed by atoms with Crippen LogP contribution in [-0.2, 0) is 0 Å². The number of nitrogens with zero attached hydrogens (tertiary/aromatic N) is 4. The van der Waals surface area contributed by atoms with Gasteiger partial charge < -0.3 is 13.6 Å². The number of hydrogen-bond acceptors (Lipinski definition) is 4. The molecular weight excluding hydrogens is 1100 g/mol. The molecule has 0 radical (unpaired) electrons. The molecule has 0 bridgehead atoms. The normalized spacial score (nSPS) is 11.9. The molecule has 0 unspecified atom stereocenters. The summed E-state index contributed by atoms with van der Waals surface area (Å²) in [6, 6.07) is 97.4. The second kappa shape index (κ2) is 19.1. The molecule has 7 heteroatoms. The number of thiophene rings is 2. The fraction of sp³-hybridized carbons (Fsp3) is 0. The lowest BCUT2D eigenvalue weighted by Gasteiger charge is -2.26. The molecule has 0 spiro atoms. The van der Waals surface area contributed by atoms with Crippen molar-refractivity contribution >= 4 is 134 Å². The Morgan fingerprint density at radius 1 is 0.368 bits per heavy atom. The molecule has 5 aromatic heterocycles. The van der Waals surface area contributed by atoms with Gasteiger partial charge in [0.05, 0.1) is 55.0 Å². The lowest BCUT2D eigenvalue weighted by atomic mass is 9.88. The van der Waals surface area contributed by atoms with Crippen LogP contribution in [0.4, 0.5) is 5.69 Å². The zero-order valence-electron chi connectivity index (χ0n) is 46.4. The van der Waals surface area contributed by atoms with E-state index in [1.807, 2.05) is 42.5 Å². The lowest BCUT2D eigenvalue weighted by Crippen LogP contribution is -2.09. The quantitative estimate of drug-likeness (QED) is 0.149. The van der Waals surface area contributed by atoms with Crippen molar-refractivity contribution < 1.29 is 4.42 Å². The van der Waals surface area contributed by atoms with E-state index in [-0.39, 0.29) is 0 Å². The van der Waals surface area contributed by atoms with Crippen molar-refractivity contribution in [1.82, 2.24) is 9.13 Å². The number of nitriles is 1. The summed E-state index contributed by atoms with van der Waals surface area (Å²) in [7, 11) is 0. The largest absolute Gasteiger partial charge is 0.456 e. The van der Waals surface area contributed by atoms with Gasteiger partial charge in [0.25, 0.3) is 0 Å². The van der Waals surface area contributed by atoms with Crippen molar-refractivity contribution in [2.45, 2.75) is 0 Å². The van der Waals surface area contributed by atoms with Gasteiger partial charge in [0, 0.05) is 74.4 Å². The molecule has 402 valence electrons. The van der Waals surface area contributed by atoms with E-state index in [4.69, 9.17) is 9.26 Å². The molecule has 13 aromatic carbocycles. The van der Waals surface area contributed by atoms with Gasteiger partial charge in [0.1, 0.15) is 17.2 Å². The molecule has 0 saturated heterocycles. The molecule has 0 aliphatic carbocycles. The van der Waals surface area contributed by atoms with Crippen LogP contribution < -0.4 is 0 Å². The smallest absolute Gasteiger partial charge is 0.220 e. The van der Waals surface area contributed by atoms with Gasteiger partial charge in [0.15, 0.2) is 0 Å². The Morgan fingerprint density at radius 3 is 1.43 bits per heavy atom. The van der Waals surface area contributed by atoms with Crippen LogP contribution in [0.25, 0.3) is 178 Å². The average molecular weight is 1140 g/mol. The molecular formula is C80H44N4OS2. The maximum atomic E-state index is 12.6. The Kier molecular flexibility index (Phi) is 10.8. The monoisotopic (exact) mass is 1140 g/mol. The summed E-state index contributed by atoms with van der Waals surface area (Å²) >= 11 is 3.61. The first-order chi connectivity index (χ1) is 43.1. The summed E-state index contributed by atoms with van der Waals surface area (Å²) in [5.74, 6) is 0. The van der Waals surface area contributed by atoms with Gasteiger partial charge in [-0.1, -0.05) is 231 Å². The number of para-hydroxylation sites is 2. The van der Waals surface area contributed by atoms with Crippen molar-refractivity contribution in [3.8, 4) is 73.1 Å². The van der Waals surface area contributed by atoms with E-state index in [0.29, 0.717) is 28.2 Å². The van der Waals surface area contributed by atoms with E-state index >= 15 is 0 Å². The van der Waals surface area contributed by atoms with Crippen molar-refractivity contribution in [3.63, 3.8) is 0 Å². The predicted molar refractivity (Wildman–Crippen MR) is 366 cm³/mol. The minimum absolute atomic E-state index is 0.385. The number of fused-ring (bicyclic) bond motifs is 17. The Labute approximate surface area is 506 Å². The molecule has 87 heavy (non-hydrogen) atoms. The SMILES string of the molecule is [C-]#[N+]c1c(-c2ccccc2)c(C#N)c(-n2c3c(ccc4c3sc3cccc(-c5ccccc5)c34)c3ccc4c(sc5cccc(-c6ccccc6)c54)c32)c(-c2ccccc2)c1-n1c2ccccc2c2ccc(-c3cccc4oc5ccccc5c34)cc21. The molecule has 0 atom stereocenters. The topological polar surface area (TPSA) is 51.1 Å². The highest BCUT2D eigenvalue weighted by atomic mass is 32.1. The van der Waals surface area contributed by atoms with Crippen LogP contribution in [0.1, 0.15) is 5.56 Å². The summed E-state index contributed by atoms with van der Waals surface area (Å²) in [4.78, 5) is 4.70. The molecule has 18 aromatic rings.